The number of nitrogens with one attached hydrogen (secondary N) is 1. The van der Waals surface area contributed by atoms with Crippen LogP contribution in [-0.2, 0) is 14.3 Å². The summed E-state index contributed by atoms with van der Waals surface area (Å²) < 4.78 is 6.36. The average Bonchev–Trinajstić information content (AvgIpc) is 3.51. The van der Waals surface area contributed by atoms with Gasteiger partial charge in [0.2, 0.25) is 5.60 Å². The molecule has 5 atom stereocenters. The predicted octanol–water partition coefficient (Wildman–Crippen LogP) is 0.589. The van der Waals surface area contributed by atoms with E-state index < -0.39 is 24.0 Å². The molecule has 2 bridgehead atoms. The summed E-state index contributed by atoms with van der Waals surface area (Å²) in [6.07, 6.45) is 1.74. The number of anilines is 1. The van der Waals surface area contributed by atoms with Crippen LogP contribution in [0.3, 0.4) is 0 Å². The quantitative estimate of drug-likeness (QED) is 0.331. The van der Waals surface area contributed by atoms with Gasteiger partial charge >= 0.3 is 5.97 Å². The van der Waals surface area contributed by atoms with Gasteiger partial charge in [0.1, 0.15) is 6.23 Å². The van der Waals surface area contributed by atoms with E-state index in [0.29, 0.717) is 12.1 Å². The predicted molar refractivity (Wildman–Crippen MR) is 113 cm³/mol. The Morgan fingerprint density at radius 1 is 1.24 bits per heavy atom. The second-order valence-corrected chi connectivity index (χ2v) is 9.26. The third kappa shape index (κ3) is 2.16. The molecule has 9 heteroatoms. The van der Waals surface area contributed by atoms with E-state index in [1.54, 1.807) is 12.1 Å². The number of amides is 1. The fourth-order valence-electron chi connectivity index (χ4n) is 6.74. The van der Waals surface area contributed by atoms with Crippen molar-refractivity contribution in [1.82, 2.24) is 10.2 Å². The van der Waals surface area contributed by atoms with E-state index in [9.17, 15) is 19.8 Å². The van der Waals surface area contributed by atoms with Crippen molar-refractivity contribution in [3.05, 3.63) is 81.4 Å². The van der Waals surface area contributed by atoms with Crippen molar-refractivity contribution < 1.29 is 65.8 Å². The van der Waals surface area contributed by atoms with Crippen molar-refractivity contribution in [2.45, 2.75) is 36.6 Å². The standard InChI is InChI=1S/C25H16N3O5.Pr/c29-22-19-13(10-26-22)17-11-5-1-4-8-15(11)28-20(17)21-18(19)12-6-2-3-7-14(12)27(21)16-9-25(32,24(30)31)23(28)33-16;/h3,5-8,16,20-21,23,32H,9-10H2,(H,26,29)(H,30,31);/q-1;. The van der Waals surface area contributed by atoms with E-state index in [-0.39, 0.29) is 65.7 Å². The summed E-state index contributed by atoms with van der Waals surface area (Å²) >= 11 is 0. The zero-order chi connectivity index (χ0) is 22.2. The van der Waals surface area contributed by atoms with Gasteiger partial charge in [0.25, 0.3) is 5.91 Å². The Hall–Kier alpha value is -2.44. The number of carboxylic acid groups (broad SMARTS) is 1. The van der Waals surface area contributed by atoms with Crippen LogP contribution in [0.25, 0.3) is 5.57 Å². The Morgan fingerprint density at radius 2 is 2.03 bits per heavy atom. The molecule has 1 aromatic rings. The third-order valence-corrected chi connectivity index (χ3v) is 7.92. The number of benzene rings is 1. The van der Waals surface area contributed by atoms with Gasteiger partial charge in [-0.2, -0.15) is 18.2 Å². The molecule has 5 unspecified atom stereocenters. The molecule has 0 spiro atoms. The summed E-state index contributed by atoms with van der Waals surface area (Å²) in [5.74, 6) is -1.42. The molecule has 1 aromatic carbocycles. The van der Waals surface area contributed by atoms with Crippen LogP contribution in [-0.4, -0.2) is 63.7 Å². The summed E-state index contributed by atoms with van der Waals surface area (Å²) in [6.45, 7) is 0.395. The Labute approximate surface area is 227 Å². The van der Waals surface area contributed by atoms with Gasteiger partial charge in [0, 0.05) is 71.5 Å². The van der Waals surface area contributed by atoms with Gasteiger partial charge in [-0.15, -0.1) is 11.6 Å². The summed E-state index contributed by atoms with van der Waals surface area (Å²) in [5.41, 5.74) is 10.7. The zero-order valence-corrected chi connectivity index (χ0v) is 21.4. The van der Waals surface area contributed by atoms with Gasteiger partial charge in [-0.3, -0.25) is 4.79 Å². The van der Waals surface area contributed by atoms with Gasteiger partial charge in [-0.05, 0) is 17.2 Å². The first-order chi connectivity index (χ1) is 16.0. The van der Waals surface area contributed by atoms with E-state index >= 15 is 0 Å². The van der Waals surface area contributed by atoms with Crippen LogP contribution in [0.1, 0.15) is 12.0 Å². The fraction of sp³-hybridized carbons (Fsp3) is 0.280. The molecule has 1 radical (unpaired) electrons. The minimum absolute atomic E-state index is 0. The van der Waals surface area contributed by atoms with Crippen molar-refractivity contribution in [2.75, 3.05) is 11.4 Å². The molecule has 8 nitrogen and oxygen atoms in total. The number of nitrogens with zero attached hydrogens (tertiary/aromatic N) is 2. The molecule has 5 heterocycles. The normalized spacial score (nSPS) is 34.7. The molecule has 3 saturated heterocycles. The Kier molecular flexibility index (Phi) is 4.06. The summed E-state index contributed by atoms with van der Waals surface area (Å²) in [5, 5.41) is 24.4. The molecule has 5 aliphatic heterocycles. The maximum absolute atomic E-state index is 13.1. The first kappa shape index (κ1) is 20.9. The first-order valence-corrected chi connectivity index (χ1v) is 10.9. The molecule has 3 N–H and O–H groups in total. The molecule has 8 rings (SSSR count). The largest absolute Gasteiger partial charge is 0.479 e. The van der Waals surface area contributed by atoms with Crippen molar-refractivity contribution in [1.29, 1.82) is 0 Å². The Morgan fingerprint density at radius 3 is 2.85 bits per heavy atom. The minimum Gasteiger partial charge on any atom is -0.479 e. The SMILES string of the molecule is O=C1NCC2=C3C4=C(C=C=C=C4)N4C3C3C(=C12)c1c[c-]ccc1N3C1CC(O)(C(=O)O)C4O1.[Pr]. The number of allylic oxidation sites excluding steroid dienone is 2. The van der Waals surface area contributed by atoms with Crippen LogP contribution < -0.4 is 10.2 Å². The monoisotopic (exact) mass is 579 g/mol. The zero-order valence-electron chi connectivity index (χ0n) is 17.7. The number of rotatable bonds is 1. The van der Waals surface area contributed by atoms with E-state index in [1.807, 2.05) is 23.1 Å². The smallest absolute Gasteiger partial charge is 0.340 e. The van der Waals surface area contributed by atoms with E-state index in [2.05, 4.69) is 27.7 Å². The molecule has 0 saturated carbocycles. The van der Waals surface area contributed by atoms with Crippen LogP contribution in [0.5, 0.6) is 0 Å². The van der Waals surface area contributed by atoms with E-state index in [0.717, 1.165) is 39.2 Å². The number of carbonyl (C=O) groups is 2. The molecule has 34 heavy (non-hydrogen) atoms. The molecule has 3 fully saturated rings. The van der Waals surface area contributed by atoms with E-state index in [1.165, 1.54) is 0 Å². The topological polar surface area (TPSA) is 102 Å². The molecular formula is C25H16N3O5Pr-. The molecular weight excluding hydrogens is 563 g/mol. The van der Waals surface area contributed by atoms with Crippen molar-refractivity contribution in [2.24, 2.45) is 0 Å². The van der Waals surface area contributed by atoms with Crippen LogP contribution >= 0.6 is 0 Å². The summed E-state index contributed by atoms with van der Waals surface area (Å²) in [6, 6.07) is 8.13. The maximum atomic E-state index is 13.1. The average molecular weight is 579 g/mol. The minimum atomic E-state index is -2.09. The number of hydrogen-bond acceptors (Lipinski definition) is 6. The van der Waals surface area contributed by atoms with Crippen molar-refractivity contribution in [3.8, 4) is 0 Å². The maximum Gasteiger partial charge on any atom is 0.340 e. The number of carbonyl (C=O) groups excluding carboxylic acids is 1. The first-order valence-electron chi connectivity index (χ1n) is 10.9. The summed E-state index contributed by atoms with van der Waals surface area (Å²) in [7, 11) is 0. The number of fused-ring (bicyclic) bond motifs is 10. The number of ether oxygens (including phenoxy) is 1. The van der Waals surface area contributed by atoms with Crippen LogP contribution in [0.2, 0.25) is 0 Å². The number of aliphatic hydroxyl groups is 1. The molecule has 165 valence electrons. The molecule has 0 aromatic heterocycles. The molecule has 2 aliphatic carbocycles. The van der Waals surface area contributed by atoms with Crippen molar-refractivity contribution >= 4 is 23.1 Å². The number of hydrogen-bond donors (Lipinski definition) is 3. The van der Waals surface area contributed by atoms with Crippen molar-refractivity contribution in [3.63, 3.8) is 0 Å². The van der Waals surface area contributed by atoms with E-state index in [4.69, 9.17) is 4.74 Å². The Balaban J connectivity index is 0.00000200. The van der Waals surface area contributed by atoms with Crippen LogP contribution in [0.4, 0.5) is 5.69 Å². The fourth-order valence-corrected chi connectivity index (χ4v) is 6.74. The van der Waals surface area contributed by atoms with Gasteiger partial charge in [-0.1, -0.05) is 22.7 Å². The van der Waals surface area contributed by atoms with Crippen LogP contribution in [0, 0.1) is 47.4 Å². The summed E-state index contributed by atoms with van der Waals surface area (Å²) in [4.78, 5) is 29.4. The van der Waals surface area contributed by atoms with Gasteiger partial charge in [0.05, 0.1) is 17.8 Å². The number of aliphatic carboxylic acids is 1. The third-order valence-electron chi connectivity index (χ3n) is 7.92. The second-order valence-electron chi connectivity index (χ2n) is 9.26. The Bertz CT molecular complexity index is 1460. The van der Waals surface area contributed by atoms with Crippen LogP contribution in [0.15, 0.2) is 69.8 Å². The molecule has 7 aliphatic rings. The van der Waals surface area contributed by atoms with Gasteiger partial charge in [-0.25, -0.2) is 4.79 Å². The second kappa shape index (κ2) is 6.61. The van der Waals surface area contributed by atoms with Gasteiger partial charge < -0.3 is 30.1 Å². The number of carboxylic acids is 1. The molecule has 1 amide bonds. The van der Waals surface area contributed by atoms with Gasteiger partial charge in [0.15, 0.2) is 6.23 Å².